The van der Waals surface area contributed by atoms with Gasteiger partial charge >= 0.3 is 0 Å². The predicted octanol–water partition coefficient (Wildman–Crippen LogP) is 2.23. The Morgan fingerprint density at radius 2 is 1.95 bits per heavy atom. The highest BCUT2D eigenvalue weighted by molar-refractivity contribution is 5.80. The largest absolute Gasteiger partial charge is 0.340 e. The number of nitrogens with zero attached hydrogens (tertiary/aromatic N) is 4. The van der Waals surface area contributed by atoms with Crippen LogP contribution in [0.1, 0.15) is 50.6 Å². The van der Waals surface area contributed by atoms with Gasteiger partial charge in [-0.15, -0.1) is 0 Å². The van der Waals surface area contributed by atoms with Crippen molar-refractivity contribution in [3.05, 3.63) is 18.0 Å². The molecule has 1 saturated carbocycles. The average Bonchev–Trinajstić information content (AvgIpc) is 3.13. The first-order valence-electron chi connectivity index (χ1n) is 8.69. The van der Waals surface area contributed by atoms with Crippen LogP contribution in [0.4, 0.5) is 0 Å². The number of aryl methyl sites for hydroxylation is 1. The van der Waals surface area contributed by atoms with Crippen LogP contribution >= 0.6 is 0 Å². The van der Waals surface area contributed by atoms with E-state index in [2.05, 4.69) is 10.00 Å². The quantitative estimate of drug-likeness (QED) is 0.860. The number of carbonyl (C=O) groups is 1. The first-order valence-corrected chi connectivity index (χ1v) is 8.69. The molecule has 1 saturated heterocycles. The fourth-order valence-corrected chi connectivity index (χ4v) is 3.81. The molecule has 0 unspecified atom stereocenters. The minimum absolute atomic E-state index is 0.202. The van der Waals surface area contributed by atoms with E-state index in [4.69, 9.17) is 0 Å². The Kier molecular flexibility index (Phi) is 4.81. The summed E-state index contributed by atoms with van der Waals surface area (Å²) in [6.07, 6.45) is 10.3. The van der Waals surface area contributed by atoms with Crippen LogP contribution in [0.15, 0.2) is 12.4 Å². The van der Waals surface area contributed by atoms with Gasteiger partial charge in [-0.3, -0.25) is 14.4 Å². The number of rotatable bonds is 3. The van der Waals surface area contributed by atoms with Gasteiger partial charge in [-0.1, -0.05) is 12.8 Å². The van der Waals surface area contributed by atoms with Gasteiger partial charge in [0, 0.05) is 38.4 Å². The monoisotopic (exact) mass is 304 g/mol. The van der Waals surface area contributed by atoms with Crippen molar-refractivity contribution in [1.82, 2.24) is 19.6 Å². The summed E-state index contributed by atoms with van der Waals surface area (Å²) in [4.78, 5) is 17.4. The number of hydrogen-bond acceptors (Lipinski definition) is 3. The minimum atomic E-state index is -0.202. The molecule has 5 heteroatoms. The molecule has 0 spiro atoms. The van der Waals surface area contributed by atoms with Crippen LogP contribution in [-0.4, -0.2) is 57.7 Å². The highest BCUT2D eigenvalue weighted by Gasteiger charge is 2.28. The van der Waals surface area contributed by atoms with E-state index >= 15 is 0 Å². The third-order valence-electron chi connectivity index (χ3n) is 5.17. The Labute approximate surface area is 133 Å². The normalized spacial score (nSPS) is 22.7. The van der Waals surface area contributed by atoms with Crippen molar-refractivity contribution in [2.24, 2.45) is 0 Å². The van der Waals surface area contributed by atoms with Gasteiger partial charge in [0.05, 0.1) is 6.20 Å². The Balaban J connectivity index is 1.59. The van der Waals surface area contributed by atoms with Crippen LogP contribution in [0.25, 0.3) is 0 Å². The molecule has 3 rings (SSSR count). The molecule has 0 radical (unpaired) electrons. The third-order valence-corrected chi connectivity index (χ3v) is 5.17. The molecule has 2 heterocycles. The summed E-state index contributed by atoms with van der Waals surface area (Å²) < 4.78 is 1.79. The van der Waals surface area contributed by atoms with Gasteiger partial charge in [-0.05, 0) is 38.7 Å². The van der Waals surface area contributed by atoms with E-state index < -0.39 is 0 Å². The van der Waals surface area contributed by atoms with Crippen molar-refractivity contribution in [3.8, 4) is 0 Å². The average molecular weight is 304 g/mol. The van der Waals surface area contributed by atoms with Crippen LogP contribution in [0, 0.1) is 6.92 Å². The smallest absolute Gasteiger partial charge is 0.247 e. The number of aromatic nitrogens is 2. The molecule has 0 bridgehead atoms. The van der Waals surface area contributed by atoms with Crippen LogP contribution < -0.4 is 0 Å². The van der Waals surface area contributed by atoms with Crippen molar-refractivity contribution < 1.29 is 4.79 Å². The van der Waals surface area contributed by atoms with Crippen LogP contribution in [0.5, 0.6) is 0 Å². The summed E-state index contributed by atoms with van der Waals surface area (Å²) in [5.41, 5.74) is 1.10. The lowest BCUT2D eigenvalue weighted by atomic mass is 10.2. The van der Waals surface area contributed by atoms with E-state index in [-0.39, 0.29) is 11.9 Å². The fraction of sp³-hybridized carbons (Fsp3) is 0.765. The first kappa shape index (κ1) is 15.5. The van der Waals surface area contributed by atoms with E-state index in [9.17, 15) is 4.79 Å². The zero-order chi connectivity index (χ0) is 15.5. The van der Waals surface area contributed by atoms with E-state index in [1.165, 1.54) is 25.7 Å². The summed E-state index contributed by atoms with van der Waals surface area (Å²) in [6, 6.07) is 0.563. The second-order valence-corrected chi connectivity index (χ2v) is 6.83. The number of amides is 1. The fourth-order valence-electron chi connectivity index (χ4n) is 3.81. The van der Waals surface area contributed by atoms with E-state index in [0.29, 0.717) is 0 Å². The van der Waals surface area contributed by atoms with Crippen molar-refractivity contribution in [2.45, 2.75) is 58.0 Å². The molecule has 1 aromatic heterocycles. The Morgan fingerprint density at radius 3 is 2.64 bits per heavy atom. The topological polar surface area (TPSA) is 41.4 Å². The molecule has 2 fully saturated rings. The summed E-state index contributed by atoms with van der Waals surface area (Å²) in [6.45, 7) is 7.87. The molecule has 1 aromatic rings. The maximum absolute atomic E-state index is 12.7. The van der Waals surface area contributed by atoms with Crippen molar-refractivity contribution in [2.75, 3.05) is 26.2 Å². The molecule has 122 valence electrons. The van der Waals surface area contributed by atoms with Gasteiger partial charge in [0.25, 0.3) is 0 Å². The molecule has 0 N–H and O–H groups in total. The molecule has 1 aliphatic heterocycles. The van der Waals surface area contributed by atoms with E-state index in [1.54, 1.807) is 4.68 Å². The van der Waals surface area contributed by atoms with Crippen LogP contribution in [0.3, 0.4) is 0 Å². The Hall–Kier alpha value is -1.36. The van der Waals surface area contributed by atoms with E-state index in [0.717, 1.165) is 44.2 Å². The van der Waals surface area contributed by atoms with Crippen molar-refractivity contribution in [3.63, 3.8) is 0 Å². The maximum atomic E-state index is 12.7. The molecule has 1 amide bonds. The predicted molar refractivity (Wildman–Crippen MR) is 86.7 cm³/mol. The highest BCUT2D eigenvalue weighted by atomic mass is 16.2. The second kappa shape index (κ2) is 6.82. The van der Waals surface area contributed by atoms with Gasteiger partial charge in [-0.25, -0.2) is 0 Å². The summed E-state index contributed by atoms with van der Waals surface area (Å²) in [7, 11) is 0. The molecular weight excluding hydrogens is 276 g/mol. The van der Waals surface area contributed by atoms with Gasteiger partial charge in [0.15, 0.2) is 0 Å². The van der Waals surface area contributed by atoms with Gasteiger partial charge in [0.2, 0.25) is 5.91 Å². The molecule has 22 heavy (non-hydrogen) atoms. The standard InChI is InChI=1S/C17H28N4O/c1-14-12-18-21(13-14)15(2)17(22)20-9-5-8-19(10-11-20)16-6-3-4-7-16/h12-13,15-16H,3-11H2,1-2H3/t15-/m1/s1. The zero-order valence-electron chi connectivity index (χ0n) is 13.9. The van der Waals surface area contributed by atoms with Crippen molar-refractivity contribution in [1.29, 1.82) is 0 Å². The van der Waals surface area contributed by atoms with Gasteiger partial charge < -0.3 is 4.90 Å². The van der Waals surface area contributed by atoms with Gasteiger partial charge in [-0.2, -0.15) is 5.10 Å². The summed E-state index contributed by atoms with van der Waals surface area (Å²) in [5.74, 6) is 0.205. The summed E-state index contributed by atoms with van der Waals surface area (Å²) >= 11 is 0. The molecule has 2 aliphatic rings. The lowest BCUT2D eigenvalue weighted by Crippen LogP contribution is -2.40. The highest BCUT2D eigenvalue weighted by Crippen LogP contribution is 2.24. The lowest BCUT2D eigenvalue weighted by molar-refractivity contribution is -0.134. The number of carbonyl (C=O) groups excluding carboxylic acids is 1. The van der Waals surface area contributed by atoms with Gasteiger partial charge in [0.1, 0.15) is 6.04 Å². The molecule has 0 aromatic carbocycles. The minimum Gasteiger partial charge on any atom is -0.340 e. The number of hydrogen-bond donors (Lipinski definition) is 0. The van der Waals surface area contributed by atoms with Crippen LogP contribution in [-0.2, 0) is 4.79 Å². The maximum Gasteiger partial charge on any atom is 0.247 e. The van der Waals surface area contributed by atoms with E-state index in [1.807, 2.05) is 31.1 Å². The SMILES string of the molecule is Cc1cnn([C@H](C)C(=O)N2CCCN(C3CCCC3)CC2)c1. The molecule has 1 atom stereocenters. The summed E-state index contributed by atoms with van der Waals surface area (Å²) in [5, 5.41) is 4.29. The first-order chi connectivity index (χ1) is 10.6. The van der Waals surface area contributed by atoms with Crippen molar-refractivity contribution >= 4 is 5.91 Å². The second-order valence-electron chi connectivity index (χ2n) is 6.83. The van der Waals surface area contributed by atoms with Crippen LogP contribution in [0.2, 0.25) is 0 Å². The molecule has 1 aliphatic carbocycles. The molecule has 5 nitrogen and oxygen atoms in total. The molecular formula is C17H28N4O. The Bertz CT molecular complexity index is 507. The lowest BCUT2D eigenvalue weighted by Gasteiger charge is -2.28. The Morgan fingerprint density at radius 1 is 1.18 bits per heavy atom. The third kappa shape index (κ3) is 3.35. The zero-order valence-corrected chi connectivity index (χ0v) is 13.9.